The second-order valence-corrected chi connectivity index (χ2v) is 13.2. The molecule has 1 aromatic rings. The molecule has 1 aromatic carbocycles. The van der Waals surface area contributed by atoms with Crippen LogP contribution in [-0.2, 0) is 26.3 Å². The van der Waals surface area contributed by atoms with Gasteiger partial charge in [0.05, 0.1) is 21.9 Å². The van der Waals surface area contributed by atoms with Gasteiger partial charge in [0, 0.05) is 6.54 Å². The van der Waals surface area contributed by atoms with Crippen molar-refractivity contribution < 1.29 is 16.8 Å². The molecule has 0 atom stereocenters. The maximum Gasteiger partial charge on any atom is 0.235 e. The van der Waals surface area contributed by atoms with E-state index in [1.165, 1.54) is 4.31 Å². The highest BCUT2D eigenvalue weighted by molar-refractivity contribution is 7.93. The van der Waals surface area contributed by atoms with E-state index in [4.69, 9.17) is 0 Å². The number of aryl methyl sites for hydroxylation is 1. The minimum Gasteiger partial charge on any atom is -0.270 e. The summed E-state index contributed by atoms with van der Waals surface area (Å²) in [5, 5.41) is 0. The number of benzene rings is 1. The molecule has 0 bridgehead atoms. The SMILES string of the molecule is CC(C)(C)S(=O)(=O)CCCCCCCc1cccc(N2CCCS2(=O)=O)c1. The lowest BCUT2D eigenvalue weighted by atomic mass is 10.1. The third kappa shape index (κ3) is 6.21. The van der Waals surface area contributed by atoms with Crippen molar-refractivity contribution in [1.82, 2.24) is 0 Å². The number of sulfonamides is 1. The smallest absolute Gasteiger partial charge is 0.235 e. The third-order valence-electron chi connectivity index (χ3n) is 5.11. The normalized spacial score (nSPS) is 17.4. The summed E-state index contributed by atoms with van der Waals surface area (Å²) in [5.74, 6) is 0.505. The molecule has 0 amide bonds. The summed E-state index contributed by atoms with van der Waals surface area (Å²) in [7, 11) is -6.14. The van der Waals surface area contributed by atoms with Gasteiger partial charge in [-0.25, -0.2) is 16.8 Å². The molecule has 1 aliphatic rings. The topological polar surface area (TPSA) is 71.5 Å². The number of sulfone groups is 1. The van der Waals surface area contributed by atoms with Crippen molar-refractivity contribution in [2.75, 3.05) is 22.4 Å². The van der Waals surface area contributed by atoms with Crippen LogP contribution in [0.3, 0.4) is 0 Å². The molecular weight excluding hydrogens is 382 g/mol. The van der Waals surface area contributed by atoms with Crippen molar-refractivity contribution in [1.29, 1.82) is 0 Å². The zero-order chi connectivity index (χ0) is 20.1. The first-order valence-corrected chi connectivity index (χ1v) is 13.1. The van der Waals surface area contributed by atoms with E-state index in [2.05, 4.69) is 0 Å². The van der Waals surface area contributed by atoms with Crippen molar-refractivity contribution in [3.8, 4) is 0 Å². The van der Waals surface area contributed by atoms with E-state index in [9.17, 15) is 16.8 Å². The van der Waals surface area contributed by atoms with Gasteiger partial charge in [0.25, 0.3) is 0 Å². The number of rotatable bonds is 9. The quantitative estimate of drug-likeness (QED) is 0.573. The summed E-state index contributed by atoms with van der Waals surface area (Å²) in [4.78, 5) is 0. The van der Waals surface area contributed by atoms with E-state index in [1.807, 2.05) is 24.3 Å². The van der Waals surface area contributed by atoms with Gasteiger partial charge in [-0.1, -0.05) is 31.4 Å². The monoisotopic (exact) mass is 415 g/mol. The number of nitrogens with zero attached hydrogens (tertiary/aromatic N) is 1. The molecule has 1 saturated heterocycles. The van der Waals surface area contributed by atoms with Crippen LogP contribution in [-0.4, -0.2) is 39.6 Å². The highest BCUT2D eigenvalue weighted by atomic mass is 32.2. The summed E-state index contributed by atoms with van der Waals surface area (Å²) in [5.41, 5.74) is 1.93. The average molecular weight is 416 g/mol. The van der Waals surface area contributed by atoms with Crippen molar-refractivity contribution in [3.05, 3.63) is 29.8 Å². The van der Waals surface area contributed by atoms with Crippen molar-refractivity contribution in [2.24, 2.45) is 0 Å². The van der Waals surface area contributed by atoms with Crippen LogP contribution in [0.1, 0.15) is 64.9 Å². The van der Waals surface area contributed by atoms with E-state index >= 15 is 0 Å². The summed E-state index contributed by atoms with van der Waals surface area (Å²) in [6.45, 7) is 5.83. The molecule has 27 heavy (non-hydrogen) atoms. The van der Waals surface area contributed by atoms with E-state index < -0.39 is 24.6 Å². The van der Waals surface area contributed by atoms with E-state index in [1.54, 1.807) is 20.8 Å². The molecular formula is C20H33NO4S2. The molecule has 2 rings (SSSR count). The second kappa shape index (κ2) is 8.95. The standard InChI is InChI=1S/C20H33NO4S2/c1-20(2,3)26(22,23)15-8-6-4-5-7-11-18-12-9-13-19(17-18)21-14-10-16-27(21,24)25/h9,12-13,17H,4-8,10-11,14-16H2,1-3H3. The Morgan fingerprint density at radius 1 is 1.04 bits per heavy atom. The summed E-state index contributed by atoms with van der Waals surface area (Å²) >= 11 is 0. The maximum absolute atomic E-state index is 12.1. The van der Waals surface area contributed by atoms with Crippen molar-refractivity contribution in [3.63, 3.8) is 0 Å². The second-order valence-electron chi connectivity index (χ2n) is 8.36. The fraction of sp³-hybridized carbons (Fsp3) is 0.700. The van der Waals surface area contributed by atoms with Crippen LogP contribution in [0, 0.1) is 0 Å². The Morgan fingerprint density at radius 3 is 2.33 bits per heavy atom. The maximum atomic E-state index is 12.1. The lowest BCUT2D eigenvalue weighted by Gasteiger charge is -2.18. The van der Waals surface area contributed by atoms with Gasteiger partial charge in [-0.2, -0.15) is 0 Å². The van der Waals surface area contributed by atoms with Crippen LogP contribution < -0.4 is 4.31 Å². The van der Waals surface area contributed by atoms with E-state index in [0.717, 1.165) is 49.8 Å². The van der Waals surface area contributed by atoms with Gasteiger partial charge < -0.3 is 0 Å². The Kier molecular flexibility index (Phi) is 7.36. The predicted molar refractivity (Wildman–Crippen MR) is 113 cm³/mol. The van der Waals surface area contributed by atoms with Crippen LogP contribution in [0.5, 0.6) is 0 Å². The Labute approximate surface area is 165 Å². The Hall–Kier alpha value is -1.08. The lowest BCUT2D eigenvalue weighted by Crippen LogP contribution is -2.30. The molecule has 5 nitrogen and oxygen atoms in total. The van der Waals surface area contributed by atoms with Crippen LogP contribution >= 0.6 is 0 Å². The van der Waals surface area contributed by atoms with Gasteiger partial charge in [-0.05, 0) is 64.2 Å². The number of hydrogen-bond donors (Lipinski definition) is 0. The fourth-order valence-corrected chi connectivity index (χ4v) is 6.01. The van der Waals surface area contributed by atoms with E-state index in [-0.39, 0.29) is 11.5 Å². The zero-order valence-corrected chi connectivity index (χ0v) is 18.4. The summed E-state index contributed by atoms with van der Waals surface area (Å²) in [6.07, 6.45) is 6.38. The fourth-order valence-electron chi connectivity index (χ4n) is 3.25. The number of hydrogen-bond acceptors (Lipinski definition) is 4. The molecule has 7 heteroatoms. The van der Waals surface area contributed by atoms with Crippen LogP contribution in [0.4, 0.5) is 5.69 Å². The van der Waals surface area contributed by atoms with Crippen molar-refractivity contribution in [2.45, 2.75) is 70.5 Å². The minimum atomic E-state index is -3.13. The van der Waals surface area contributed by atoms with E-state index in [0.29, 0.717) is 13.0 Å². The predicted octanol–water partition coefficient (Wildman–Crippen LogP) is 3.93. The Bertz CT molecular complexity index is 824. The molecule has 0 aromatic heterocycles. The Balaban J connectivity index is 1.72. The van der Waals surface area contributed by atoms with Gasteiger partial charge in [0.1, 0.15) is 0 Å². The zero-order valence-electron chi connectivity index (χ0n) is 16.8. The first-order valence-electron chi connectivity index (χ1n) is 9.85. The average Bonchev–Trinajstić information content (AvgIpc) is 2.92. The summed E-state index contributed by atoms with van der Waals surface area (Å²) in [6, 6.07) is 7.82. The van der Waals surface area contributed by atoms with Crippen LogP contribution in [0.2, 0.25) is 0 Å². The molecule has 1 fully saturated rings. The number of anilines is 1. The highest BCUT2D eigenvalue weighted by Crippen LogP contribution is 2.25. The van der Waals surface area contributed by atoms with Gasteiger partial charge >= 0.3 is 0 Å². The van der Waals surface area contributed by atoms with Crippen LogP contribution in [0.25, 0.3) is 0 Å². The number of unbranched alkanes of at least 4 members (excludes halogenated alkanes) is 4. The lowest BCUT2D eigenvalue weighted by molar-refractivity contribution is 0.552. The van der Waals surface area contributed by atoms with Crippen molar-refractivity contribution >= 4 is 25.5 Å². The first kappa shape index (κ1) is 22.2. The van der Waals surface area contributed by atoms with Gasteiger partial charge in [0.2, 0.25) is 10.0 Å². The third-order valence-corrected chi connectivity index (χ3v) is 9.67. The molecule has 0 aliphatic carbocycles. The first-order chi connectivity index (χ1) is 12.5. The van der Waals surface area contributed by atoms with Gasteiger partial charge in [0.15, 0.2) is 9.84 Å². The molecule has 1 heterocycles. The Morgan fingerprint density at radius 2 is 1.70 bits per heavy atom. The van der Waals surface area contributed by atoms with Gasteiger partial charge in [-0.3, -0.25) is 4.31 Å². The molecule has 0 N–H and O–H groups in total. The molecule has 1 aliphatic heterocycles. The molecule has 0 unspecified atom stereocenters. The molecule has 154 valence electrons. The summed E-state index contributed by atoms with van der Waals surface area (Å²) < 4.78 is 49.1. The minimum absolute atomic E-state index is 0.238. The molecule has 0 spiro atoms. The van der Waals surface area contributed by atoms with Gasteiger partial charge in [-0.15, -0.1) is 0 Å². The molecule has 0 saturated carbocycles. The van der Waals surface area contributed by atoms with Crippen LogP contribution in [0.15, 0.2) is 24.3 Å². The molecule has 0 radical (unpaired) electrons. The largest absolute Gasteiger partial charge is 0.270 e. The highest BCUT2D eigenvalue weighted by Gasteiger charge is 2.29.